The molecule has 1 saturated carbocycles. The van der Waals surface area contributed by atoms with Crippen LogP contribution >= 0.6 is 0 Å². The molecule has 5 nitrogen and oxygen atoms in total. The highest BCUT2D eigenvalue weighted by atomic mass is 32.2. The van der Waals surface area contributed by atoms with E-state index in [1.54, 1.807) is 10.9 Å². The third-order valence-electron chi connectivity index (χ3n) is 5.22. The minimum Gasteiger partial charge on any atom is -0.239 e. The summed E-state index contributed by atoms with van der Waals surface area (Å²) < 4.78 is 31.2. The highest BCUT2D eigenvalue weighted by molar-refractivity contribution is 7.89. The van der Waals surface area contributed by atoms with Gasteiger partial charge >= 0.3 is 0 Å². The summed E-state index contributed by atoms with van der Waals surface area (Å²) >= 11 is 0. The number of sulfonamides is 1. The highest BCUT2D eigenvalue weighted by Crippen LogP contribution is 2.28. The van der Waals surface area contributed by atoms with Crippen molar-refractivity contribution in [2.75, 3.05) is 0 Å². The van der Waals surface area contributed by atoms with E-state index in [9.17, 15) is 8.42 Å². The van der Waals surface area contributed by atoms with Crippen LogP contribution in [0.4, 0.5) is 0 Å². The van der Waals surface area contributed by atoms with E-state index < -0.39 is 10.0 Å². The molecule has 0 aliphatic heterocycles. The maximum Gasteiger partial charge on any atom is 0.244 e. The lowest BCUT2D eigenvalue weighted by Crippen LogP contribution is -2.34. The van der Waals surface area contributed by atoms with Gasteiger partial charge in [-0.3, -0.25) is 0 Å². The fourth-order valence-electron chi connectivity index (χ4n) is 3.74. The third kappa shape index (κ3) is 4.18. The Morgan fingerprint density at radius 3 is 2.11 bits per heavy atom. The van der Waals surface area contributed by atoms with E-state index in [0.717, 1.165) is 36.9 Å². The van der Waals surface area contributed by atoms with Gasteiger partial charge in [-0.25, -0.2) is 17.8 Å². The number of aromatic nitrogens is 2. The quantitative estimate of drug-likeness (QED) is 0.645. The second-order valence-corrected chi connectivity index (χ2v) is 8.98. The summed E-state index contributed by atoms with van der Waals surface area (Å²) in [5.41, 5.74) is 2.10. The third-order valence-corrected chi connectivity index (χ3v) is 6.74. The smallest absolute Gasteiger partial charge is 0.239 e. The van der Waals surface area contributed by atoms with Crippen LogP contribution in [0.3, 0.4) is 0 Å². The lowest BCUT2D eigenvalue weighted by atomic mass is 10.1. The van der Waals surface area contributed by atoms with E-state index in [1.807, 2.05) is 60.7 Å². The van der Waals surface area contributed by atoms with Gasteiger partial charge in [0.1, 0.15) is 10.6 Å². The Morgan fingerprint density at radius 1 is 0.857 bits per heavy atom. The molecule has 0 unspecified atom stereocenters. The van der Waals surface area contributed by atoms with Gasteiger partial charge in [-0.05, 0) is 25.0 Å². The molecule has 0 saturated heterocycles. The SMILES string of the molecule is O=S(=O)(NC1CCCCCC1)c1cn(-c2ccccc2)nc1-c1ccccc1. The molecule has 28 heavy (non-hydrogen) atoms. The van der Waals surface area contributed by atoms with Crippen molar-refractivity contribution in [2.24, 2.45) is 0 Å². The number of rotatable bonds is 5. The van der Waals surface area contributed by atoms with E-state index >= 15 is 0 Å². The van der Waals surface area contributed by atoms with Gasteiger partial charge in [0.25, 0.3) is 0 Å². The van der Waals surface area contributed by atoms with Crippen molar-refractivity contribution in [2.45, 2.75) is 49.5 Å². The fourth-order valence-corrected chi connectivity index (χ4v) is 5.20. The molecule has 6 heteroatoms. The average Bonchev–Trinajstić information content (AvgIpc) is 3.04. The molecule has 0 bridgehead atoms. The number of hydrogen-bond donors (Lipinski definition) is 1. The van der Waals surface area contributed by atoms with E-state index in [4.69, 9.17) is 0 Å². The molecule has 1 heterocycles. The van der Waals surface area contributed by atoms with Gasteiger partial charge in [0.2, 0.25) is 10.0 Å². The Labute approximate surface area is 166 Å². The molecular formula is C22H25N3O2S. The van der Waals surface area contributed by atoms with Crippen LogP contribution in [0.15, 0.2) is 71.8 Å². The first-order valence-electron chi connectivity index (χ1n) is 9.86. The molecular weight excluding hydrogens is 370 g/mol. The Kier molecular flexibility index (Phi) is 5.59. The molecule has 2 aromatic carbocycles. The normalized spacial score (nSPS) is 16.0. The molecule has 0 radical (unpaired) electrons. The number of nitrogens with zero attached hydrogens (tertiary/aromatic N) is 2. The number of para-hydroxylation sites is 1. The maximum absolute atomic E-state index is 13.3. The Bertz CT molecular complexity index is 1010. The Hall–Kier alpha value is -2.44. The van der Waals surface area contributed by atoms with Crippen molar-refractivity contribution in [1.82, 2.24) is 14.5 Å². The molecule has 1 N–H and O–H groups in total. The summed E-state index contributed by atoms with van der Waals surface area (Å²) in [5, 5.41) is 4.63. The highest BCUT2D eigenvalue weighted by Gasteiger charge is 2.27. The topological polar surface area (TPSA) is 64.0 Å². The predicted octanol–water partition coefficient (Wildman–Crippen LogP) is 4.54. The number of nitrogens with one attached hydrogen (secondary N) is 1. The molecule has 4 rings (SSSR count). The molecule has 1 aromatic heterocycles. The van der Waals surface area contributed by atoms with Crippen molar-refractivity contribution in [3.05, 3.63) is 66.9 Å². The lowest BCUT2D eigenvalue weighted by molar-refractivity contribution is 0.510. The van der Waals surface area contributed by atoms with Crippen LogP contribution in [0.25, 0.3) is 16.9 Å². The lowest BCUT2D eigenvalue weighted by Gasteiger charge is -2.16. The van der Waals surface area contributed by atoms with Crippen LogP contribution < -0.4 is 4.72 Å². The van der Waals surface area contributed by atoms with Gasteiger partial charge in [-0.2, -0.15) is 5.10 Å². The van der Waals surface area contributed by atoms with Gasteiger partial charge in [-0.15, -0.1) is 0 Å². The van der Waals surface area contributed by atoms with Gasteiger partial charge in [0.15, 0.2) is 0 Å². The summed E-state index contributed by atoms with van der Waals surface area (Å²) in [4.78, 5) is 0.229. The van der Waals surface area contributed by atoms with E-state index in [1.165, 1.54) is 12.8 Å². The van der Waals surface area contributed by atoms with Crippen molar-refractivity contribution < 1.29 is 8.42 Å². The molecule has 3 aromatic rings. The van der Waals surface area contributed by atoms with E-state index in [2.05, 4.69) is 9.82 Å². The number of hydrogen-bond acceptors (Lipinski definition) is 3. The molecule has 1 fully saturated rings. The minimum atomic E-state index is -3.68. The maximum atomic E-state index is 13.3. The van der Waals surface area contributed by atoms with Crippen LogP contribution in [-0.2, 0) is 10.0 Å². The van der Waals surface area contributed by atoms with Crippen molar-refractivity contribution in [1.29, 1.82) is 0 Å². The zero-order chi connectivity index (χ0) is 19.4. The van der Waals surface area contributed by atoms with Crippen LogP contribution in [0, 0.1) is 0 Å². The van der Waals surface area contributed by atoms with Gasteiger partial charge in [-0.1, -0.05) is 74.2 Å². The summed E-state index contributed by atoms with van der Waals surface area (Å²) in [6.07, 6.45) is 7.92. The second kappa shape index (κ2) is 8.29. The summed E-state index contributed by atoms with van der Waals surface area (Å²) in [5.74, 6) is 0. The Morgan fingerprint density at radius 2 is 1.46 bits per heavy atom. The molecule has 0 amide bonds. The second-order valence-electron chi connectivity index (χ2n) is 7.30. The monoisotopic (exact) mass is 395 g/mol. The summed E-state index contributed by atoms with van der Waals surface area (Å²) in [6, 6.07) is 19.1. The van der Waals surface area contributed by atoms with Crippen molar-refractivity contribution in [3.63, 3.8) is 0 Å². The van der Waals surface area contributed by atoms with Crippen LogP contribution in [-0.4, -0.2) is 24.2 Å². The molecule has 1 aliphatic carbocycles. The minimum absolute atomic E-state index is 0.00352. The predicted molar refractivity (Wildman–Crippen MR) is 111 cm³/mol. The summed E-state index contributed by atoms with van der Waals surface area (Å²) in [6.45, 7) is 0. The van der Waals surface area contributed by atoms with Crippen molar-refractivity contribution >= 4 is 10.0 Å². The van der Waals surface area contributed by atoms with Gasteiger partial charge in [0, 0.05) is 11.6 Å². The van der Waals surface area contributed by atoms with Crippen molar-refractivity contribution in [3.8, 4) is 16.9 Å². The molecule has 0 atom stereocenters. The zero-order valence-corrected chi connectivity index (χ0v) is 16.6. The van der Waals surface area contributed by atoms with E-state index in [-0.39, 0.29) is 10.9 Å². The van der Waals surface area contributed by atoms with Gasteiger partial charge in [0.05, 0.1) is 11.9 Å². The van der Waals surface area contributed by atoms with Crippen LogP contribution in [0.2, 0.25) is 0 Å². The van der Waals surface area contributed by atoms with Crippen LogP contribution in [0.1, 0.15) is 38.5 Å². The Balaban J connectivity index is 1.74. The first-order valence-corrected chi connectivity index (χ1v) is 11.3. The summed E-state index contributed by atoms with van der Waals surface area (Å²) in [7, 11) is -3.68. The largest absolute Gasteiger partial charge is 0.244 e. The first kappa shape index (κ1) is 18.9. The fraction of sp³-hybridized carbons (Fsp3) is 0.318. The van der Waals surface area contributed by atoms with Crippen LogP contribution in [0.5, 0.6) is 0 Å². The van der Waals surface area contributed by atoms with Gasteiger partial charge < -0.3 is 0 Å². The van der Waals surface area contributed by atoms with E-state index in [0.29, 0.717) is 5.69 Å². The first-order chi connectivity index (χ1) is 13.6. The number of benzene rings is 2. The molecule has 146 valence electrons. The zero-order valence-electron chi connectivity index (χ0n) is 15.8. The average molecular weight is 396 g/mol. The molecule has 1 aliphatic rings. The molecule has 0 spiro atoms. The standard InChI is InChI=1S/C22H25N3O2S/c26-28(27,24-19-13-7-1-2-8-14-19)21-17-25(20-15-9-4-10-16-20)23-22(21)18-11-5-3-6-12-18/h3-6,9-12,15-17,19,24H,1-2,7-8,13-14H2.